The summed E-state index contributed by atoms with van der Waals surface area (Å²) >= 11 is 0. The minimum absolute atomic E-state index is 0.0991. The molecule has 1 heterocycles. The van der Waals surface area contributed by atoms with Crippen LogP contribution in [0.25, 0.3) is 0 Å². The summed E-state index contributed by atoms with van der Waals surface area (Å²) < 4.78 is 9.53. The molecule has 0 aliphatic carbocycles. The van der Waals surface area contributed by atoms with Crippen molar-refractivity contribution in [2.75, 3.05) is 13.2 Å². The number of H-pyrrole nitrogens is 1. The van der Waals surface area contributed by atoms with Gasteiger partial charge in [0.15, 0.2) is 0 Å². The van der Waals surface area contributed by atoms with E-state index in [9.17, 15) is 14.4 Å². The highest BCUT2D eigenvalue weighted by Crippen LogP contribution is 2.10. The summed E-state index contributed by atoms with van der Waals surface area (Å²) in [6, 6.07) is 0. The van der Waals surface area contributed by atoms with Gasteiger partial charge >= 0.3 is 11.9 Å². The Morgan fingerprint density at radius 2 is 1.61 bits per heavy atom. The molecule has 0 spiro atoms. The number of aryl methyl sites for hydroxylation is 1. The Hall–Kier alpha value is -2.18. The number of hydrogen-bond donors (Lipinski definition) is 1. The van der Waals surface area contributed by atoms with Crippen LogP contribution < -0.4 is 5.56 Å². The van der Waals surface area contributed by atoms with Crippen molar-refractivity contribution in [3.8, 4) is 0 Å². The lowest BCUT2D eigenvalue weighted by Gasteiger charge is -2.08. The monoisotopic (exact) mass is 254 g/mol. The molecule has 0 bridgehead atoms. The molecule has 1 aromatic rings. The minimum Gasteiger partial charge on any atom is -0.462 e. The Morgan fingerprint density at radius 1 is 1.11 bits per heavy atom. The number of ether oxygens (including phenoxy) is 2. The topological polar surface area (TPSA) is 98.4 Å². The number of carbonyl (C=O) groups is 2. The number of aromatic nitrogens is 2. The second-order valence-electron chi connectivity index (χ2n) is 3.33. The predicted molar refractivity (Wildman–Crippen MR) is 61.5 cm³/mol. The summed E-state index contributed by atoms with van der Waals surface area (Å²) in [6.07, 6.45) is 0. The lowest BCUT2D eigenvalue weighted by molar-refractivity contribution is 0.0475. The van der Waals surface area contributed by atoms with Gasteiger partial charge in [0.25, 0.3) is 5.56 Å². The van der Waals surface area contributed by atoms with Crippen molar-refractivity contribution >= 4 is 11.9 Å². The Bertz CT molecular complexity index is 521. The SMILES string of the molecule is CCOC(=O)c1c(C)n[nH]c(=O)c1C(=O)OCC. The number of rotatable bonds is 4. The molecule has 0 fully saturated rings. The molecule has 0 aromatic carbocycles. The van der Waals surface area contributed by atoms with Crippen molar-refractivity contribution in [2.24, 2.45) is 0 Å². The largest absolute Gasteiger partial charge is 0.462 e. The van der Waals surface area contributed by atoms with Gasteiger partial charge in [0.05, 0.1) is 18.9 Å². The van der Waals surface area contributed by atoms with Crippen LogP contribution in [0.2, 0.25) is 0 Å². The van der Waals surface area contributed by atoms with Crippen LogP contribution in [-0.2, 0) is 9.47 Å². The Kier molecular flexibility index (Phi) is 4.59. The Morgan fingerprint density at radius 3 is 2.11 bits per heavy atom. The fourth-order valence-electron chi connectivity index (χ4n) is 1.39. The highest BCUT2D eigenvalue weighted by Gasteiger charge is 2.26. The maximum atomic E-state index is 11.7. The summed E-state index contributed by atoms with van der Waals surface area (Å²) in [6.45, 7) is 4.95. The van der Waals surface area contributed by atoms with Gasteiger partial charge in [0, 0.05) is 0 Å². The van der Waals surface area contributed by atoms with Crippen LogP contribution in [0.15, 0.2) is 4.79 Å². The summed E-state index contributed by atoms with van der Waals surface area (Å²) in [5, 5.41) is 5.77. The van der Waals surface area contributed by atoms with Crippen LogP contribution in [0.3, 0.4) is 0 Å². The molecule has 0 unspecified atom stereocenters. The summed E-state index contributed by atoms with van der Waals surface area (Å²) in [7, 11) is 0. The van der Waals surface area contributed by atoms with Crippen LogP contribution >= 0.6 is 0 Å². The van der Waals surface area contributed by atoms with Gasteiger partial charge in [-0.15, -0.1) is 0 Å². The molecule has 1 N–H and O–H groups in total. The lowest BCUT2D eigenvalue weighted by atomic mass is 10.1. The van der Waals surface area contributed by atoms with E-state index in [0.717, 1.165) is 0 Å². The summed E-state index contributed by atoms with van der Waals surface area (Å²) in [5.74, 6) is -1.64. The number of nitrogens with zero attached hydrogens (tertiary/aromatic N) is 1. The second-order valence-corrected chi connectivity index (χ2v) is 3.33. The Labute approximate surface area is 103 Å². The third kappa shape index (κ3) is 2.73. The van der Waals surface area contributed by atoms with Crippen molar-refractivity contribution < 1.29 is 19.1 Å². The average molecular weight is 254 g/mol. The van der Waals surface area contributed by atoms with E-state index in [-0.39, 0.29) is 30.0 Å². The molecule has 0 saturated heterocycles. The quantitative estimate of drug-likeness (QED) is 0.782. The molecule has 0 amide bonds. The number of carbonyl (C=O) groups excluding carboxylic acids is 2. The zero-order valence-electron chi connectivity index (χ0n) is 10.4. The van der Waals surface area contributed by atoms with Gasteiger partial charge in [-0.1, -0.05) is 0 Å². The van der Waals surface area contributed by atoms with E-state index in [1.807, 2.05) is 0 Å². The van der Waals surface area contributed by atoms with Crippen LogP contribution in [0.5, 0.6) is 0 Å². The molecule has 7 heteroatoms. The molecule has 1 rings (SSSR count). The average Bonchev–Trinajstić information content (AvgIpc) is 2.32. The fraction of sp³-hybridized carbons (Fsp3) is 0.455. The highest BCUT2D eigenvalue weighted by molar-refractivity contribution is 6.03. The number of esters is 2. The molecular formula is C11H14N2O5. The van der Waals surface area contributed by atoms with E-state index in [1.54, 1.807) is 13.8 Å². The van der Waals surface area contributed by atoms with E-state index in [2.05, 4.69) is 10.2 Å². The predicted octanol–water partition coefficient (Wildman–Crippen LogP) is 0.432. The minimum atomic E-state index is -0.868. The van der Waals surface area contributed by atoms with Gasteiger partial charge in [-0.05, 0) is 20.8 Å². The van der Waals surface area contributed by atoms with E-state index < -0.39 is 17.5 Å². The molecule has 7 nitrogen and oxygen atoms in total. The van der Waals surface area contributed by atoms with E-state index in [4.69, 9.17) is 9.47 Å². The molecule has 1 aromatic heterocycles. The van der Waals surface area contributed by atoms with Crippen LogP contribution in [-0.4, -0.2) is 35.3 Å². The van der Waals surface area contributed by atoms with E-state index in [1.165, 1.54) is 6.92 Å². The molecule has 0 aliphatic heterocycles. The third-order valence-electron chi connectivity index (χ3n) is 2.12. The van der Waals surface area contributed by atoms with Gasteiger partial charge in [0.2, 0.25) is 0 Å². The van der Waals surface area contributed by atoms with Crippen molar-refractivity contribution in [1.82, 2.24) is 10.2 Å². The first kappa shape index (κ1) is 13.9. The second kappa shape index (κ2) is 5.95. The van der Waals surface area contributed by atoms with Gasteiger partial charge < -0.3 is 9.47 Å². The van der Waals surface area contributed by atoms with Gasteiger partial charge in [0.1, 0.15) is 11.1 Å². The molecule has 18 heavy (non-hydrogen) atoms. The van der Waals surface area contributed by atoms with Crippen molar-refractivity contribution in [3.05, 3.63) is 27.2 Å². The van der Waals surface area contributed by atoms with Crippen LogP contribution in [0.1, 0.15) is 40.3 Å². The van der Waals surface area contributed by atoms with E-state index >= 15 is 0 Å². The first-order chi connectivity index (χ1) is 8.52. The zero-order valence-corrected chi connectivity index (χ0v) is 10.4. The molecular weight excluding hydrogens is 240 g/mol. The van der Waals surface area contributed by atoms with Gasteiger partial charge in [-0.3, -0.25) is 4.79 Å². The maximum absolute atomic E-state index is 11.7. The summed E-state index contributed by atoms with van der Waals surface area (Å²) in [4.78, 5) is 35.0. The van der Waals surface area contributed by atoms with Crippen LogP contribution in [0, 0.1) is 6.92 Å². The molecule has 0 radical (unpaired) electrons. The standard InChI is InChI=1S/C11H14N2O5/c1-4-17-10(15)7-6(3)12-13-9(14)8(7)11(16)18-5-2/h4-5H2,1-3H3,(H,13,14). The van der Waals surface area contributed by atoms with Gasteiger partial charge in [-0.25, -0.2) is 14.7 Å². The third-order valence-corrected chi connectivity index (χ3v) is 2.12. The molecule has 0 saturated carbocycles. The molecule has 0 aliphatic rings. The molecule has 0 atom stereocenters. The number of nitrogens with one attached hydrogen (secondary N) is 1. The smallest absolute Gasteiger partial charge is 0.344 e. The van der Waals surface area contributed by atoms with Crippen molar-refractivity contribution in [2.45, 2.75) is 20.8 Å². The summed E-state index contributed by atoms with van der Waals surface area (Å²) in [5.41, 5.74) is -1.10. The number of aromatic amines is 1. The maximum Gasteiger partial charge on any atom is 0.344 e. The fourth-order valence-corrected chi connectivity index (χ4v) is 1.39. The highest BCUT2D eigenvalue weighted by atomic mass is 16.5. The van der Waals surface area contributed by atoms with E-state index in [0.29, 0.717) is 0 Å². The van der Waals surface area contributed by atoms with Crippen molar-refractivity contribution in [3.63, 3.8) is 0 Å². The van der Waals surface area contributed by atoms with Gasteiger partial charge in [-0.2, -0.15) is 5.10 Å². The number of hydrogen-bond acceptors (Lipinski definition) is 6. The lowest BCUT2D eigenvalue weighted by Crippen LogP contribution is -2.27. The van der Waals surface area contributed by atoms with Crippen molar-refractivity contribution in [1.29, 1.82) is 0 Å². The molecule has 98 valence electrons. The first-order valence-corrected chi connectivity index (χ1v) is 5.46. The Balaban J connectivity index is 3.38. The zero-order chi connectivity index (χ0) is 13.7. The normalized spacial score (nSPS) is 9.94. The van der Waals surface area contributed by atoms with Crippen LogP contribution in [0.4, 0.5) is 0 Å². The first-order valence-electron chi connectivity index (χ1n) is 5.46.